The van der Waals surface area contributed by atoms with Gasteiger partial charge in [-0.3, -0.25) is 9.69 Å². The van der Waals surface area contributed by atoms with Gasteiger partial charge in [-0.25, -0.2) is 4.79 Å². The minimum Gasteiger partial charge on any atom is -0.448 e. The van der Waals surface area contributed by atoms with Crippen LogP contribution in [0.5, 0.6) is 0 Å². The maximum Gasteiger partial charge on any atom is 0.416 e. The van der Waals surface area contributed by atoms with Gasteiger partial charge in [0, 0.05) is 46.4 Å². The van der Waals surface area contributed by atoms with Gasteiger partial charge >= 0.3 is 12.3 Å². The molecule has 244 valence electrons. The van der Waals surface area contributed by atoms with Gasteiger partial charge in [0.2, 0.25) is 5.91 Å². The zero-order valence-corrected chi connectivity index (χ0v) is 25.8. The van der Waals surface area contributed by atoms with Crippen LogP contribution in [0.1, 0.15) is 61.6 Å². The number of carbonyl (C=O) groups is 2. The number of hydrogen-bond acceptors (Lipinski definition) is 6. The van der Waals surface area contributed by atoms with E-state index in [2.05, 4.69) is 4.90 Å². The van der Waals surface area contributed by atoms with Crippen molar-refractivity contribution < 1.29 is 37.0 Å². The number of nitrogens with zero attached hydrogens (tertiary/aromatic N) is 3. The number of alkyl halides is 3. The highest BCUT2D eigenvalue weighted by molar-refractivity contribution is 5.86. The minimum absolute atomic E-state index is 0.0154. The summed E-state index contributed by atoms with van der Waals surface area (Å²) >= 11 is 0. The summed E-state index contributed by atoms with van der Waals surface area (Å²) in [6.07, 6.45) is 2.68. The topological polar surface area (TPSA) is 71.5 Å². The van der Waals surface area contributed by atoms with Crippen molar-refractivity contribution in [3.05, 3.63) is 34.9 Å². The summed E-state index contributed by atoms with van der Waals surface area (Å²) in [5.41, 5.74) is -0.0374. The Labute approximate surface area is 258 Å². The summed E-state index contributed by atoms with van der Waals surface area (Å²) < 4.78 is 57.5. The number of carbonyl (C=O) groups excluding carboxylic acids is 2. The first-order valence-corrected chi connectivity index (χ1v) is 16.4. The fraction of sp³-hybridized carbons (Fsp3) is 0.758. The van der Waals surface area contributed by atoms with Crippen molar-refractivity contribution in [1.29, 1.82) is 0 Å². The molecule has 0 N–H and O–H groups in total. The number of likely N-dealkylation sites (tertiary alicyclic amines) is 2. The fourth-order valence-corrected chi connectivity index (χ4v) is 8.63. The van der Waals surface area contributed by atoms with Gasteiger partial charge in [0.25, 0.3) is 0 Å². The Balaban J connectivity index is 1.17. The molecule has 8 nitrogen and oxygen atoms in total. The van der Waals surface area contributed by atoms with E-state index in [-0.39, 0.29) is 30.6 Å². The zero-order chi connectivity index (χ0) is 30.9. The van der Waals surface area contributed by atoms with Crippen LogP contribution in [0.25, 0.3) is 0 Å². The smallest absolute Gasteiger partial charge is 0.416 e. The summed E-state index contributed by atoms with van der Waals surface area (Å²) in [4.78, 5) is 33.6. The molecule has 6 rings (SSSR count). The third kappa shape index (κ3) is 6.60. The number of rotatable bonds is 7. The third-order valence-electron chi connectivity index (χ3n) is 10.9. The van der Waals surface area contributed by atoms with Gasteiger partial charge in [-0.05, 0) is 99.0 Å². The molecule has 2 amide bonds. The molecule has 1 aromatic rings. The molecule has 1 aliphatic carbocycles. The van der Waals surface area contributed by atoms with Crippen LogP contribution >= 0.6 is 0 Å². The lowest BCUT2D eigenvalue weighted by Crippen LogP contribution is -2.49. The van der Waals surface area contributed by atoms with Gasteiger partial charge in [0.05, 0.1) is 23.7 Å². The van der Waals surface area contributed by atoms with Gasteiger partial charge in [-0.1, -0.05) is 12.5 Å². The average molecular weight is 622 g/mol. The number of benzene rings is 1. The Morgan fingerprint density at radius 1 is 1.09 bits per heavy atom. The Bertz CT molecular complexity index is 1190. The highest BCUT2D eigenvalue weighted by Gasteiger charge is 2.60. The first-order valence-electron chi connectivity index (χ1n) is 16.4. The Kier molecular flexibility index (Phi) is 9.45. The highest BCUT2D eigenvalue weighted by atomic mass is 19.4. The van der Waals surface area contributed by atoms with E-state index in [1.807, 2.05) is 0 Å². The summed E-state index contributed by atoms with van der Waals surface area (Å²) in [7, 11) is 1.72. The van der Waals surface area contributed by atoms with Crippen LogP contribution in [0.4, 0.5) is 18.0 Å². The van der Waals surface area contributed by atoms with Gasteiger partial charge in [0.1, 0.15) is 6.61 Å². The standard InChI is InChI=1S/C33H46F3N3O5/c1-42-29-21-43-13-8-25(29)15-23-16-28-20-39(31(41)44-14-12-37-9-3-2-4-10-37)22-32(28,18-23)30(40)38-11-7-24-5-6-27(33(34,35)36)17-26(24)19-38/h5-6,17,23,25,28-29H,2-4,7-16,18-22H2,1H3/t23-,25?,28+,29?,32+/m1/s1. The van der Waals surface area contributed by atoms with Gasteiger partial charge in [0.15, 0.2) is 0 Å². The molecule has 11 heteroatoms. The molecule has 4 heterocycles. The lowest BCUT2D eigenvalue weighted by Gasteiger charge is -2.38. The van der Waals surface area contributed by atoms with Crippen LogP contribution in [0, 0.1) is 23.2 Å². The molecule has 44 heavy (non-hydrogen) atoms. The molecule has 0 aromatic heterocycles. The Morgan fingerprint density at radius 2 is 1.91 bits per heavy atom. The molecule has 4 fully saturated rings. The molecule has 0 bridgehead atoms. The van der Waals surface area contributed by atoms with Crippen LogP contribution in [-0.2, 0) is 38.1 Å². The summed E-state index contributed by atoms with van der Waals surface area (Å²) in [6.45, 7) is 5.76. The van der Waals surface area contributed by atoms with Gasteiger partial charge < -0.3 is 24.0 Å². The highest BCUT2D eigenvalue weighted by Crippen LogP contribution is 2.54. The number of ether oxygens (including phenoxy) is 3. The summed E-state index contributed by atoms with van der Waals surface area (Å²) in [5, 5.41) is 0. The second kappa shape index (κ2) is 13.2. The normalized spacial score (nSPS) is 31.1. The van der Waals surface area contributed by atoms with E-state index in [0.717, 1.165) is 44.0 Å². The van der Waals surface area contributed by atoms with E-state index >= 15 is 0 Å². The monoisotopic (exact) mass is 621 g/mol. The largest absolute Gasteiger partial charge is 0.448 e. The van der Waals surface area contributed by atoms with Crippen LogP contribution in [0.15, 0.2) is 18.2 Å². The average Bonchev–Trinajstić information content (AvgIpc) is 3.55. The van der Waals surface area contributed by atoms with Crippen molar-refractivity contribution in [2.45, 2.75) is 70.2 Å². The molecule has 5 aliphatic rings. The molecule has 1 aromatic carbocycles. The molecule has 4 aliphatic heterocycles. The zero-order valence-electron chi connectivity index (χ0n) is 25.8. The van der Waals surface area contributed by atoms with Crippen LogP contribution in [-0.4, -0.2) is 99.0 Å². The molecule has 0 radical (unpaired) electrons. The SMILES string of the molecule is COC1COCCC1C[C@@H]1C[C@H]2CN(C(=O)OCCN3CCCCC3)C[C@@]2(C(=O)N2CCc3ccc(C(F)(F)F)cc3C2)C1. The molecule has 2 unspecified atom stereocenters. The number of amides is 2. The van der Waals surface area contributed by atoms with Crippen LogP contribution in [0.2, 0.25) is 0 Å². The lowest BCUT2D eigenvalue weighted by molar-refractivity contribution is -0.144. The summed E-state index contributed by atoms with van der Waals surface area (Å²) in [6, 6.07) is 3.87. The van der Waals surface area contributed by atoms with Crippen molar-refractivity contribution in [2.24, 2.45) is 23.2 Å². The van der Waals surface area contributed by atoms with E-state index in [1.165, 1.54) is 25.3 Å². The number of piperidine rings is 1. The lowest BCUT2D eigenvalue weighted by atomic mass is 9.77. The molecule has 5 atom stereocenters. The molecule has 3 saturated heterocycles. The van der Waals surface area contributed by atoms with E-state index in [4.69, 9.17) is 14.2 Å². The van der Waals surface area contributed by atoms with Crippen molar-refractivity contribution >= 4 is 12.0 Å². The molecular weight excluding hydrogens is 575 g/mol. The van der Waals surface area contributed by atoms with Crippen molar-refractivity contribution in [3.8, 4) is 0 Å². The fourth-order valence-electron chi connectivity index (χ4n) is 8.63. The van der Waals surface area contributed by atoms with Crippen LogP contribution in [0.3, 0.4) is 0 Å². The number of hydrogen-bond donors (Lipinski definition) is 0. The first-order chi connectivity index (χ1) is 21.2. The number of fused-ring (bicyclic) bond motifs is 2. The minimum atomic E-state index is -4.44. The van der Waals surface area contributed by atoms with E-state index < -0.39 is 17.2 Å². The van der Waals surface area contributed by atoms with E-state index in [0.29, 0.717) is 76.2 Å². The van der Waals surface area contributed by atoms with E-state index in [9.17, 15) is 22.8 Å². The third-order valence-corrected chi connectivity index (χ3v) is 10.9. The maximum atomic E-state index is 14.5. The van der Waals surface area contributed by atoms with Crippen molar-refractivity contribution in [1.82, 2.24) is 14.7 Å². The van der Waals surface area contributed by atoms with Crippen molar-refractivity contribution in [2.75, 3.05) is 66.2 Å². The maximum absolute atomic E-state index is 14.5. The molecule has 1 saturated carbocycles. The van der Waals surface area contributed by atoms with Gasteiger partial charge in [-0.2, -0.15) is 13.2 Å². The quantitative estimate of drug-likeness (QED) is 0.428. The predicted molar refractivity (Wildman–Crippen MR) is 157 cm³/mol. The molecule has 0 spiro atoms. The Hall–Kier alpha value is -2.37. The van der Waals surface area contributed by atoms with Gasteiger partial charge in [-0.15, -0.1) is 0 Å². The number of halogens is 3. The Morgan fingerprint density at radius 3 is 2.68 bits per heavy atom. The summed E-state index contributed by atoms with van der Waals surface area (Å²) in [5.74, 6) is 0.601. The van der Waals surface area contributed by atoms with Crippen molar-refractivity contribution in [3.63, 3.8) is 0 Å². The first kappa shape index (κ1) is 31.6. The number of methoxy groups -OCH3 is 1. The van der Waals surface area contributed by atoms with Crippen LogP contribution < -0.4 is 0 Å². The molecular formula is C33H46F3N3O5. The second-order valence-electron chi connectivity index (χ2n) is 13.6. The van der Waals surface area contributed by atoms with E-state index in [1.54, 1.807) is 23.0 Å². The predicted octanol–water partition coefficient (Wildman–Crippen LogP) is 4.98. The second-order valence-corrected chi connectivity index (χ2v) is 13.6.